The molecule has 36 heavy (non-hydrogen) atoms. The van der Waals surface area contributed by atoms with Gasteiger partial charge in [-0.3, -0.25) is 14.3 Å². The third-order valence-electron chi connectivity index (χ3n) is 5.05. The molecule has 1 amide bonds. The predicted octanol–water partition coefficient (Wildman–Crippen LogP) is 3.60. The molecule has 2 heterocycles. The topological polar surface area (TPSA) is 113 Å². The highest BCUT2D eigenvalue weighted by molar-refractivity contribution is 7.99. The molecule has 0 fully saturated rings. The van der Waals surface area contributed by atoms with Crippen molar-refractivity contribution in [3.05, 3.63) is 72.6 Å². The molecular formula is C25H24N6O4S. The van der Waals surface area contributed by atoms with Crippen molar-refractivity contribution in [1.29, 1.82) is 0 Å². The van der Waals surface area contributed by atoms with Gasteiger partial charge >= 0.3 is 0 Å². The zero-order valence-corrected chi connectivity index (χ0v) is 20.7. The van der Waals surface area contributed by atoms with Gasteiger partial charge < -0.3 is 14.2 Å². The van der Waals surface area contributed by atoms with Crippen LogP contribution in [-0.4, -0.2) is 59.0 Å². The van der Waals surface area contributed by atoms with Gasteiger partial charge in [-0.15, -0.1) is 10.2 Å². The Hall–Kier alpha value is -4.38. The summed E-state index contributed by atoms with van der Waals surface area (Å²) in [6, 6.07) is 16.9. The zero-order valence-electron chi connectivity index (χ0n) is 19.9. The first-order chi connectivity index (χ1) is 17.7. The van der Waals surface area contributed by atoms with Crippen molar-refractivity contribution in [3.63, 3.8) is 0 Å². The molecule has 10 nitrogen and oxygen atoms in total. The second-order valence-electron chi connectivity index (χ2n) is 7.22. The largest absolute Gasteiger partial charge is 0.493 e. The van der Waals surface area contributed by atoms with Crippen LogP contribution in [0.1, 0.15) is 5.56 Å². The summed E-state index contributed by atoms with van der Waals surface area (Å²) in [6.07, 6.45) is 4.88. The molecule has 1 N–H and O–H groups in total. The summed E-state index contributed by atoms with van der Waals surface area (Å²) < 4.78 is 18.0. The standard InChI is InChI=1S/C25H24N6O4S/c1-33-20-10-9-18(22(34-2)23(20)35-3)15-27-28-21(32)16-36-25-30-29-24(17-11-13-26-14-12-17)31(25)19-7-5-4-6-8-19/h4-15H,16H2,1-3H3,(H,28,32)/b27-15+. The minimum atomic E-state index is -0.302. The van der Waals surface area contributed by atoms with E-state index in [0.29, 0.717) is 33.8 Å². The van der Waals surface area contributed by atoms with Crippen molar-refractivity contribution in [2.75, 3.05) is 27.1 Å². The van der Waals surface area contributed by atoms with Crippen LogP contribution in [0.2, 0.25) is 0 Å². The summed E-state index contributed by atoms with van der Waals surface area (Å²) in [5.74, 6) is 1.86. The first-order valence-corrected chi connectivity index (χ1v) is 11.8. The van der Waals surface area contributed by atoms with E-state index in [4.69, 9.17) is 14.2 Å². The monoisotopic (exact) mass is 504 g/mol. The summed E-state index contributed by atoms with van der Waals surface area (Å²) in [5.41, 5.74) is 4.90. The molecule has 0 radical (unpaired) electrons. The number of para-hydroxylation sites is 1. The number of nitrogens with one attached hydrogen (secondary N) is 1. The number of aromatic nitrogens is 4. The molecule has 0 spiro atoms. The van der Waals surface area contributed by atoms with Crippen LogP contribution in [0.4, 0.5) is 0 Å². The van der Waals surface area contributed by atoms with E-state index >= 15 is 0 Å². The van der Waals surface area contributed by atoms with E-state index in [-0.39, 0.29) is 11.7 Å². The number of carbonyl (C=O) groups excluding carboxylic acids is 1. The molecule has 0 aliphatic rings. The number of hydrogen-bond donors (Lipinski definition) is 1. The maximum atomic E-state index is 12.5. The van der Waals surface area contributed by atoms with E-state index < -0.39 is 0 Å². The number of hydrazone groups is 1. The number of benzene rings is 2. The summed E-state index contributed by atoms with van der Waals surface area (Å²) >= 11 is 1.26. The molecule has 184 valence electrons. The Balaban J connectivity index is 1.48. The van der Waals surface area contributed by atoms with Crippen molar-refractivity contribution in [1.82, 2.24) is 25.2 Å². The summed E-state index contributed by atoms with van der Waals surface area (Å²) in [5, 5.41) is 13.3. The van der Waals surface area contributed by atoms with Crippen LogP contribution in [0.25, 0.3) is 17.1 Å². The Labute approximate surface area is 212 Å². The van der Waals surface area contributed by atoms with Crippen LogP contribution < -0.4 is 19.6 Å². The number of thioether (sulfide) groups is 1. The van der Waals surface area contributed by atoms with Gasteiger partial charge in [0.1, 0.15) is 0 Å². The van der Waals surface area contributed by atoms with Crippen LogP contribution >= 0.6 is 11.8 Å². The van der Waals surface area contributed by atoms with E-state index in [1.807, 2.05) is 47.0 Å². The number of rotatable bonds is 10. The number of ether oxygens (including phenoxy) is 3. The first-order valence-electron chi connectivity index (χ1n) is 10.8. The van der Waals surface area contributed by atoms with E-state index in [1.165, 1.54) is 32.2 Å². The quantitative estimate of drug-likeness (QED) is 0.198. The van der Waals surface area contributed by atoms with Crippen molar-refractivity contribution >= 4 is 23.9 Å². The van der Waals surface area contributed by atoms with E-state index in [0.717, 1.165) is 11.3 Å². The second kappa shape index (κ2) is 11.8. The van der Waals surface area contributed by atoms with Gasteiger partial charge in [0.2, 0.25) is 5.75 Å². The lowest BCUT2D eigenvalue weighted by atomic mass is 10.2. The van der Waals surface area contributed by atoms with Gasteiger partial charge in [0.05, 0.1) is 33.3 Å². The fourth-order valence-electron chi connectivity index (χ4n) is 3.42. The summed E-state index contributed by atoms with van der Waals surface area (Å²) in [4.78, 5) is 16.6. The lowest BCUT2D eigenvalue weighted by Crippen LogP contribution is -2.20. The normalized spacial score (nSPS) is 10.9. The maximum Gasteiger partial charge on any atom is 0.250 e. The van der Waals surface area contributed by atoms with Gasteiger partial charge in [0.25, 0.3) is 5.91 Å². The fraction of sp³-hybridized carbons (Fsp3) is 0.160. The number of nitrogens with zero attached hydrogens (tertiary/aromatic N) is 5. The average molecular weight is 505 g/mol. The number of pyridine rings is 1. The average Bonchev–Trinajstić information content (AvgIpc) is 3.36. The summed E-state index contributed by atoms with van der Waals surface area (Å²) in [6.45, 7) is 0. The van der Waals surface area contributed by atoms with Crippen LogP contribution in [0.15, 0.2) is 77.2 Å². The highest BCUT2D eigenvalue weighted by atomic mass is 32.2. The second-order valence-corrected chi connectivity index (χ2v) is 8.16. The maximum absolute atomic E-state index is 12.5. The summed E-state index contributed by atoms with van der Waals surface area (Å²) in [7, 11) is 4.59. The number of carbonyl (C=O) groups is 1. The smallest absolute Gasteiger partial charge is 0.250 e. The molecule has 0 aliphatic heterocycles. The molecule has 2 aromatic heterocycles. The molecule has 0 bridgehead atoms. The van der Waals surface area contributed by atoms with Crippen LogP contribution in [0, 0.1) is 0 Å². The zero-order chi connectivity index (χ0) is 25.3. The Morgan fingerprint density at radius 2 is 1.72 bits per heavy atom. The van der Waals surface area contributed by atoms with Crippen LogP contribution in [-0.2, 0) is 4.79 Å². The molecule has 4 rings (SSSR count). The van der Waals surface area contributed by atoms with Crippen molar-refractivity contribution in [2.24, 2.45) is 5.10 Å². The minimum absolute atomic E-state index is 0.0850. The van der Waals surface area contributed by atoms with Gasteiger partial charge in [-0.05, 0) is 36.4 Å². The Morgan fingerprint density at radius 1 is 0.972 bits per heavy atom. The first kappa shape index (κ1) is 24.7. The van der Waals surface area contributed by atoms with E-state index in [9.17, 15) is 4.79 Å². The van der Waals surface area contributed by atoms with Gasteiger partial charge in [0, 0.05) is 29.2 Å². The SMILES string of the molecule is COc1ccc(/C=N/NC(=O)CSc2nnc(-c3ccncc3)n2-c2ccccc2)c(OC)c1OC. The molecule has 2 aromatic carbocycles. The number of hydrogen-bond acceptors (Lipinski definition) is 9. The van der Waals surface area contributed by atoms with Gasteiger partial charge in [-0.1, -0.05) is 30.0 Å². The Bertz CT molecular complexity index is 1350. The molecule has 0 aliphatic carbocycles. The molecule has 4 aromatic rings. The molecule has 0 unspecified atom stereocenters. The van der Waals surface area contributed by atoms with Crippen molar-refractivity contribution in [2.45, 2.75) is 5.16 Å². The van der Waals surface area contributed by atoms with Gasteiger partial charge in [-0.2, -0.15) is 5.10 Å². The van der Waals surface area contributed by atoms with E-state index in [2.05, 4.69) is 25.7 Å². The van der Waals surface area contributed by atoms with Gasteiger partial charge in [-0.25, -0.2) is 5.43 Å². The molecule has 0 saturated carbocycles. The Morgan fingerprint density at radius 3 is 2.42 bits per heavy atom. The van der Waals surface area contributed by atoms with Crippen LogP contribution in [0.3, 0.4) is 0 Å². The molecule has 11 heteroatoms. The number of amides is 1. The lowest BCUT2D eigenvalue weighted by Gasteiger charge is -2.13. The predicted molar refractivity (Wildman–Crippen MR) is 137 cm³/mol. The third-order valence-corrected chi connectivity index (χ3v) is 5.98. The van der Waals surface area contributed by atoms with Crippen LogP contribution in [0.5, 0.6) is 17.2 Å². The fourth-order valence-corrected chi connectivity index (χ4v) is 4.17. The van der Waals surface area contributed by atoms with E-state index in [1.54, 1.807) is 31.6 Å². The molecular weight excluding hydrogens is 480 g/mol. The highest BCUT2D eigenvalue weighted by Gasteiger charge is 2.17. The number of methoxy groups -OCH3 is 3. The van der Waals surface area contributed by atoms with Crippen molar-refractivity contribution in [3.8, 4) is 34.3 Å². The Kier molecular flexibility index (Phi) is 8.14. The highest BCUT2D eigenvalue weighted by Crippen LogP contribution is 2.39. The molecule has 0 atom stereocenters. The lowest BCUT2D eigenvalue weighted by molar-refractivity contribution is -0.118. The third kappa shape index (κ3) is 5.47. The minimum Gasteiger partial charge on any atom is -0.493 e. The van der Waals surface area contributed by atoms with Gasteiger partial charge in [0.15, 0.2) is 22.5 Å². The van der Waals surface area contributed by atoms with Crippen molar-refractivity contribution < 1.29 is 19.0 Å². The molecule has 0 saturated heterocycles.